The molecule has 2 aliphatic heterocycles. The number of hydrogen-bond donors (Lipinski definition) is 0. The fourth-order valence-corrected chi connectivity index (χ4v) is 8.16. The topological polar surface area (TPSA) is 0 Å². The molecule has 0 saturated carbocycles. The molecule has 2 aliphatic rings. The van der Waals surface area contributed by atoms with Gasteiger partial charge in [0.1, 0.15) is 0 Å². The maximum atomic E-state index is 2.61. The van der Waals surface area contributed by atoms with Gasteiger partial charge in [0.05, 0.1) is 0 Å². The summed E-state index contributed by atoms with van der Waals surface area (Å²) in [6.07, 6.45) is 9.00. The van der Waals surface area contributed by atoms with E-state index in [0.29, 0.717) is 0 Å². The van der Waals surface area contributed by atoms with Crippen LogP contribution < -0.4 is 0 Å². The van der Waals surface area contributed by atoms with Crippen LogP contribution in [0.2, 0.25) is 26.5 Å². The van der Waals surface area contributed by atoms with E-state index in [-0.39, 0.29) is 0 Å². The standard InChI is InChI=1S/C14H24B.3CH3.Sn/c1-4-14-12-7-5-9-13(10-6-8-12)15(14)11(2)3;;;;/h11-13H,5-10H2,1-3H3;3*1H3;. The van der Waals surface area contributed by atoms with Crippen molar-refractivity contribution in [3.63, 3.8) is 0 Å². The molecule has 19 heavy (non-hydrogen) atoms. The average Bonchev–Trinajstić information content (AvgIpc) is 2.53. The maximum absolute atomic E-state index is 2.61. The Balaban J connectivity index is 2.51. The molecule has 2 heteroatoms. The molecule has 0 atom stereocenters. The summed E-state index contributed by atoms with van der Waals surface area (Å²) in [5, 5.41) is 0. The van der Waals surface area contributed by atoms with Gasteiger partial charge in [-0.15, -0.1) is 0 Å². The van der Waals surface area contributed by atoms with E-state index in [1.165, 1.54) is 38.5 Å². The Morgan fingerprint density at radius 3 is 2.00 bits per heavy atom. The molecule has 0 spiro atoms. The van der Waals surface area contributed by atoms with Gasteiger partial charge in [0.2, 0.25) is 0 Å². The fraction of sp³-hybridized carbons (Fsp3) is 0.882. The van der Waals surface area contributed by atoms with Crippen LogP contribution in [0.3, 0.4) is 0 Å². The van der Waals surface area contributed by atoms with Gasteiger partial charge in [-0.25, -0.2) is 0 Å². The molecule has 2 heterocycles. The van der Waals surface area contributed by atoms with Crippen LogP contribution in [0.15, 0.2) is 9.06 Å². The quantitative estimate of drug-likeness (QED) is 0.527. The third kappa shape index (κ3) is 3.44. The minimum atomic E-state index is -1.90. The zero-order valence-corrected chi connectivity index (χ0v) is 16.9. The summed E-state index contributed by atoms with van der Waals surface area (Å²) in [5.74, 6) is 2.81. The fourth-order valence-electron chi connectivity index (χ4n) is 4.63. The van der Waals surface area contributed by atoms with E-state index in [1.54, 1.807) is 0 Å². The van der Waals surface area contributed by atoms with Crippen LogP contribution in [-0.4, -0.2) is 25.1 Å². The number of allylic oxidation sites excluding steroid dienone is 2. The molecule has 0 amide bonds. The van der Waals surface area contributed by atoms with E-state index < -0.39 is 18.4 Å². The van der Waals surface area contributed by atoms with E-state index >= 15 is 0 Å². The Morgan fingerprint density at radius 1 is 1.05 bits per heavy atom. The first-order valence-corrected chi connectivity index (χ1v) is 18.5. The average molecular weight is 367 g/mol. The first-order valence-electron chi connectivity index (χ1n) is 8.53. The number of hydrogen-bond acceptors (Lipinski definition) is 0. The molecule has 2 saturated heterocycles. The summed E-state index contributed by atoms with van der Waals surface area (Å²) < 4.78 is 1.92. The van der Waals surface area contributed by atoms with Gasteiger partial charge in [-0.1, -0.05) is 0 Å². The van der Waals surface area contributed by atoms with Gasteiger partial charge >= 0.3 is 126 Å². The third-order valence-corrected chi connectivity index (χ3v) is 13.1. The van der Waals surface area contributed by atoms with Crippen LogP contribution in [0.5, 0.6) is 0 Å². The molecule has 2 bridgehead atoms. The predicted molar refractivity (Wildman–Crippen MR) is 91.8 cm³/mol. The van der Waals surface area contributed by atoms with Crippen LogP contribution in [0, 0.1) is 5.92 Å². The second-order valence-electron chi connectivity index (χ2n) is 8.42. The van der Waals surface area contributed by atoms with E-state index in [1.807, 2.05) is 9.06 Å². The summed E-state index contributed by atoms with van der Waals surface area (Å²) in [5.41, 5.74) is 1.98. The van der Waals surface area contributed by atoms with Crippen LogP contribution >= 0.6 is 0 Å². The van der Waals surface area contributed by atoms with Crippen molar-refractivity contribution >= 4 is 25.1 Å². The molecule has 0 nitrogen and oxygen atoms in total. The van der Waals surface area contributed by atoms with Crippen molar-refractivity contribution in [3.8, 4) is 0 Å². The van der Waals surface area contributed by atoms with Crippen molar-refractivity contribution in [2.45, 2.75) is 85.7 Å². The SMILES string of the molecule is C/[C](=C1/B(C(C)C)C2CCCC1CCC2)[Sn]([CH3])([CH3])[CH3]. The van der Waals surface area contributed by atoms with Crippen LogP contribution in [0.25, 0.3) is 0 Å². The normalized spacial score (nSPS) is 31.4. The molecule has 0 radical (unpaired) electrons. The number of rotatable bonds is 2. The molecule has 0 aromatic heterocycles. The predicted octanol–water partition coefficient (Wildman–Crippen LogP) is 5.98. The summed E-state index contributed by atoms with van der Waals surface area (Å²) in [7, 11) is 0. The second kappa shape index (κ2) is 6.16. The monoisotopic (exact) mass is 368 g/mol. The molecule has 0 aliphatic carbocycles. The first kappa shape index (κ1) is 16.0. The Bertz CT molecular complexity index is 341. The zero-order valence-electron chi connectivity index (χ0n) is 14.1. The van der Waals surface area contributed by atoms with Gasteiger partial charge in [0.25, 0.3) is 0 Å². The van der Waals surface area contributed by atoms with E-state index in [0.717, 1.165) is 24.3 Å². The Morgan fingerprint density at radius 2 is 1.58 bits per heavy atom. The van der Waals surface area contributed by atoms with Gasteiger partial charge in [0.15, 0.2) is 0 Å². The van der Waals surface area contributed by atoms with Crippen molar-refractivity contribution in [2.24, 2.45) is 5.92 Å². The van der Waals surface area contributed by atoms with E-state index in [9.17, 15) is 0 Å². The summed E-state index contributed by atoms with van der Waals surface area (Å²) in [4.78, 5) is 7.84. The van der Waals surface area contributed by atoms with Gasteiger partial charge in [-0.05, 0) is 0 Å². The summed E-state index contributed by atoms with van der Waals surface area (Å²) >= 11 is -1.90. The summed E-state index contributed by atoms with van der Waals surface area (Å²) in [6.45, 7) is 8.42. The van der Waals surface area contributed by atoms with Crippen LogP contribution in [-0.2, 0) is 0 Å². The third-order valence-electron chi connectivity index (χ3n) is 5.84. The Hall–Kier alpha value is 0.604. The molecular weight excluding hydrogens is 334 g/mol. The van der Waals surface area contributed by atoms with Crippen LogP contribution in [0.4, 0.5) is 0 Å². The van der Waals surface area contributed by atoms with Gasteiger partial charge in [0, 0.05) is 0 Å². The van der Waals surface area contributed by atoms with Crippen molar-refractivity contribution < 1.29 is 0 Å². The Kier molecular flexibility index (Phi) is 5.18. The van der Waals surface area contributed by atoms with E-state index in [2.05, 4.69) is 35.6 Å². The summed E-state index contributed by atoms with van der Waals surface area (Å²) in [6, 6.07) is 0. The molecule has 108 valence electrons. The Labute approximate surface area is 125 Å². The molecule has 0 aromatic rings. The molecular formula is C17H33BSn. The second-order valence-corrected chi connectivity index (χ2v) is 23.4. The molecule has 0 unspecified atom stereocenters. The van der Waals surface area contributed by atoms with E-state index in [4.69, 9.17) is 0 Å². The van der Waals surface area contributed by atoms with Gasteiger partial charge in [-0.3, -0.25) is 0 Å². The molecule has 0 N–H and O–H groups in total. The van der Waals surface area contributed by atoms with Crippen LogP contribution in [0.1, 0.15) is 59.3 Å². The van der Waals surface area contributed by atoms with Gasteiger partial charge < -0.3 is 0 Å². The zero-order chi connectivity index (χ0) is 14.2. The number of fused-ring (bicyclic) bond motifs is 3. The molecule has 2 fully saturated rings. The van der Waals surface area contributed by atoms with Crippen molar-refractivity contribution in [1.82, 2.24) is 0 Å². The van der Waals surface area contributed by atoms with Crippen molar-refractivity contribution in [1.29, 1.82) is 0 Å². The minimum absolute atomic E-state index is 0.849. The molecule has 2 rings (SSSR count). The van der Waals surface area contributed by atoms with Gasteiger partial charge in [-0.2, -0.15) is 0 Å². The first-order chi connectivity index (χ1) is 8.82. The van der Waals surface area contributed by atoms with Crippen molar-refractivity contribution in [3.05, 3.63) is 9.06 Å². The van der Waals surface area contributed by atoms with Crippen molar-refractivity contribution in [2.75, 3.05) is 0 Å². The molecule has 0 aromatic carbocycles.